The smallest absolute Gasteiger partial charge is 0.185 e. The van der Waals surface area contributed by atoms with Gasteiger partial charge in [0.25, 0.3) is 0 Å². The molecule has 0 radical (unpaired) electrons. The van der Waals surface area contributed by atoms with E-state index in [2.05, 4.69) is 34.1 Å². The second-order valence-corrected chi connectivity index (χ2v) is 9.20. The van der Waals surface area contributed by atoms with Crippen LogP contribution in [0.4, 0.5) is 4.39 Å². The molecule has 3 aromatic rings. The van der Waals surface area contributed by atoms with Crippen molar-refractivity contribution in [3.8, 4) is 0 Å². The van der Waals surface area contributed by atoms with Crippen molar-refractivity contribution in [2.75, 3.05) is 32.4 Å². The van der Waals surface area contributed by atoms with Crippen molar-refractivity contribution >= 4 is 28.8 Å². The fraction of sp³-hybridized carbons (Fsp3) is 0.391. The van der Waals surface area contributed by atoms with Crippen LogP contribution in [0, 0.1) is 5.82 Å². The van der Waals surface area contributed by atoms with Gasteiger partial charge in [-0.2, -0.15) is 0 Å². The second-order valence-electron chi connectivity index (χ2n) is 8.03. The number of aromatic amines is 1. The van der Waals surface area contributed by atoms with Gasteiger partial charge in [-0.1, -0.05) is 12.1 Å². The van der Waals surface area contributed by atoms with Crippen molar-refractivity contribution in [3.05, 3.63) is 59.7 Å². The molecule has 9 heteroatoms. The van der Waals surface area contributed by atoms with Crippen LogP contribution in [0.2, 0.25) is 0 Å². The summed E-state index contributed by atoms with van der Waals surface area (Å²) in [5.74, 6) is 1.27. The van der Waals surface area contributed by atoms with Gasteiger partial charge in [0.05, 0.1) is 23.7 Å². The van der Waals surface area contributed by atoms with Gasteiger partial charge in [-0.25, -0.2) is 9.37 Å². The van der Waals surface area contributed by atoms with Crippen LogP contribution >= 0.6 is 11.8 Å². The number of hydrogen-bond donors (Lipinski definition) is 3. The summed E-state index contributed by atoms with van der Waals surface area (Å²) >= 11 is 1.68. The van der Waals surface area contributed by atoms with Crippen LogP contribution in [0.1, 0.15) is 30.3 Å². The zero-order chi connectivity index (χ0) is 22.5. The maximum atomic E-state index is 13.7. The maximum Gasteiger partial charge on any atom is 0.185 e. The van der Waals surface area contributed by atoms with Gasteiger partial charge in [0.1, 0.15) is 17.7 Å². The van der Waals surface area contributed by atoms with E-state index in [0.29, 0.717) is 17.9 Å². The Hall–Kier alpha value is -2.62. The van der Waals surface area contributed by atoms with E-state index in [0.717, 1.165) is 47.7 Å². The highest BCUT2D eigenvalue weighted by Crippen LogP contribution is 2.32. The van der Waals surface area contributed by atoms with Crippen LogP contribution < -0.4 is 11.5 Å². The Morgan fingerprint density at radius 2 is 2.09 bits per heavy atom. The molecule has 4 rings (SSSR count). The van der Waals surface area contributed by atoms with Crippen LogP contribution in [0.3, 0.4) is 0 Å². The molecule has 1 saturated heterocycles. The van der Waals surface area contributed by atoms with Crippen molar-refractivity contribution in [1.29, 1.82) is 0 Å². The number of halogens is 1. The third-order valence-electron chi connectivity index (χ3n) is 5.52. The predicted octanol–water partition coefficient (Wildman–Crippen LogP) is 3.27. The molecule has 1 aliphatic heterocycles. The number of nitrogens with zero attached hydrogens (tertiary/aromatic N) is 3. The number of piperidine rings is 1. The number of ether oxygens (including phenoxy) is 1. The molecule has 0 amide bonds. The first kappa shape index (κ1) is 22.6. The molecule has 1 aliphatic rings. The van der Waals surface area contributed by atoms with E-state index in [-0.39, 0.29) is 24.0 Å². The van der Waals surface area contributed by atoms with Crippen molar-refractivity contribution in [1.82, 2.24) is 14.9 Å². The average Bonchev–Trinajstić information content (AvgIpc) is 3.19. The van der Waals surface area contributed by atoms with E-state index >= 15 is 0 Å². The lowest BCUT2D eigenvalue weighted by Crippen LogP contribution is -2.35. The second kappa shape index (κ2) is 10.3. The van der Waals surface area contributed by atoms with Gasteiger partial charge in [0.2, 0.25) is 0 Å². The van der Waals surface area contributed by atoms with E-state index in [1.165, 1.54) is 12.1 Å². The van der Waals surface area contributed by atoms with Crippen LogP contribution in [0.5, 0.6) is 0 Å². The summed E-state index contributed by atoms with van der Waals surface area (Å²) in [7, 11) is 2.13. The number of fused-ring (bicyclic) bond motifs is 1. The van der Waals surface area contributed by atoms with E-state index in [1.807, 2.05) is 12.1 Å². The number of rotatable bonds is 8. The number of aliphatic imine (C=N–C) groups is 1. The number of guanidine groups is 1. The lowest BCUT2D eigenvalue weighted by molar-refractivity contribution is -0.0264. The highest BCUT2D eigenvalue weighted by atomic mass is 32.2. The molecule has 2 aromatic carbocycles. The number of aromatic nitrogens is 2. The molecule has 1 fully saturated rings. The summed E-state index contributed by atoms with van der Waals surface area (Å²) in [6.45, 7) is 2.56. The minimum atomic E-state index is -0.364. The van der Waals surface area contributed by atoms with Gasteiger partial charge in [-0.15, -0.1) is 11.8 Å². The van der Waals surface area contributed by atoms with E-state index in [4.69, 9.17) is 21.2 Å². The third kappa shape index (κ3) is 5.79. The molecule has 170 valence electrons. The lowest BCUT2D eigenvalue weighted by Gasteiger charge is -2.31. The zero-order valence-electron chi connectivity index (χ0n) is 18.1. The summed E-state index contributed by atoms with van der Waals surface area (Å²) in [5, 5.41) is 0. The minimum absolute atomic E-state index is 0.104. The number of H-pyrrole nitrogens is 1. The number of nitrogens with one attached hydrogen (secondary N) is 1. The first-order chi connectivity index (χ1) is 15.5. The predicted molar refractivity (Wildman–Crippen MR) is 127 cm³/mol. The van der Waals surface area contributed by atoms with Gasteiger partial charge < -0.3 is 26.1 Å². The van der Waals surface area contributed by atoms with E-state index < -0.39 is 0 Å². The molecule has 1 atom stereocenters. The molecule has 1 unspecified atom stereocenters. The number of benzene rings is 2. The van der Waals surface area contributed by atoms with Crippen LogP contribution in [-0.4, -0.2) is 59.4 Å². The molecular weight excluding hydrogens is 427 g/mol. The molecule has 0 spiro atoms. The Morgan fingerprint density at radius 3 is 2.88 bits per heavy atom. The number of hydrogen-bond acceptors (Lipinski definition) is 5. The molecule has 7 nitrogen and oxygen atoms in total. The SMILES string of the molecule is CN1CCC(OC(c2cccc(SCCN=C(N)N)c2)c2nc3ccc(F)cc3[nH]2)CC1. The number of imidazole rings is 1. The third-order valence-corrected chi connectivity index (χ3v) is 6.49. The van der Waals surface area contributed by atoms with Gasteiger partial charge >= 0.3 is 0 Å². The van der Waals surface area contributed by atoms with Gasteiger partial charge in [-0.3, -0.25) is 4.99 Å². The Bertz CT molecular complexity index is 1080. The van der Waals surface area contributed by atoms with Crippen LogP contribution in [0.15, 0.2) is 52.4 Å². The largest absolute Gasteiger partial charge is 0.370 e. The maximum absolute atomic E-state index is 13.7. The number of thioether (sulfide) groups is 1. The summed E-state index contributed by atoms with van der Waals surface area (Å²) in [6.07, 6.45) is 1.71. The summed E-state index contributed by atoms with van der Waals surface area (Å²) in [5.41, 5.74) is 13.2. The highest BCUT2D eigenvalue weighted by molar-refractivity contribution is 7.99. The Balaban J connectivity index is 1.59. The summed E-state index contributed by atoms with van der Waals surface area (Å²) in [4.78, 5) is 15.5. The molecule has 0 bridgehead atoms. The van der Waals surface area contributed by atoms with Gasteiger partial charge in [-0.05, 0) is 55.8 Å². The molecule has 5 N–H and O–H groups in total. The van der Waals surface area contributed by atoms with Gasteiger partial charge in [0.15, 0.2) is 5.96 Å². The van der Waals surface area contributed by atoms with Crippen LogP contribution in [-0.2, 0) is 4.74 Å². The monoisotopic (exact) mass is 456 g/mol. The fourth-order valence-corrected chi connectivity index (χ4v) is 4.66. The summed E-state index contributed by atoms with van der Waals surface area (Å²) in [6, 6.07) is 12.8. The topological polar surface area (TPSA) is 106 Å². The molecular formula is C23H29FN6OS. The number of likely N-dealkylation sites (tertiary alicyclic amines) is 1. The van der Waals surface area contributed by atoms with E-state index in [1.54, 1.807) is 17.8 Å². The number of nitrogens with two attached hydrogens (primary N) is 2. The molecule has 1 aromatic heterocycles. The molecule has 0 aliphatic carbocycles. The Labute approximate surface area is 191 Å². The molecule has 32 heavy (non-hydrogen) atoms. The zero-order valence-corrected chi connectivity index (χ0v) is 18.9. The molecule has 2 heterocycles. The quantitative estimate of drug-likeness (QED) is 0.208. The minimum Gasteiger partial charge on any atom is -0.370 e. The highest BCUT2D eigenvalue weighted by Gasteiger charge is 2.26. The lowest BCUT2D eigenvalue weighted by atomic mass is 10.1. The fourth-order valence-electron chi connectivity index (χ4n) is 3.85. The van der Waals surface area contributed by atoms with Crippen molar-refractivity contribution in [3.63, 3.8) is 0 Å². The summed E-state index contributed by atoms with van der Waals surface area (Å²) < 4.78 is 20.3. The van der Waals surface area contributed by atoms with Crippen LogP contribution in [0.25, 0.3) is 11.0 Å². The average molecular weight is 457 g/mol. The first-order valence-corrected chi connectivity index (χ1v) is 11.7. The van der Waals surface area contributed by atoms with Crippen molar-refractivity contribution in [2.45, 2.75) is 29.9 Å². The standard InChI is InChI=1S/C23H29FN6OS/c1-30-10-7-17(8-11-30)31-21(22-28-19-6-5-16(24)14-20(19)29-22)15-3-2-4-18(13-15)32-12-9-27-23(25)26/h2-6,13-14,17,21H,7-12H2,1H3,(H,28,29)(H4,25,26,27). The van der Waals surface area contributed by atoms with E-state index in [9.17, 15) is 4.39 Å². The first-order valence-electron chi connectivity index (χ1n) is 10.8. The van der Waals surface area contributed by atoms with Crippen molar-refractivity contribution in [2.24, 2.45) is 16.5 Å². The Morgan fingerprint density at radius 1 is 1.28 bits per heavy atom. The molecule has 0 saturated carbocycles. The normalized spacial score (nSPS) is 16.3. The van der Waals surface area contributed by atoms with Gasteiger partial charge in [0, 0.05) is 23.7 Å². The van der Waals surface area contributed by atoms with Crippen molar-refractivity contribution < 1.29 is 9.13 Å². The Kier molecular flexibility index (Phi) is 7.29.